The number of hydrogen-bond donors (Lipinski definition) is 3. The lowest BCUT2D eigenvalue weighted by atomic mass is 9.89. The van der Waals surface area contributed by atoms with Crippen LogP contribution in [-0.2, 0) is 35.1 Å². The standard InChI is InChI=1S/C37H56N4O7/c1-6-25(4)34(37(46)48-8-3)40-36(45)31(22-27-24-41(47-5)32-20-13-12-18-29(27)32)39-35(44)26(16-10-9-11-17-28(42)7-2)23-33(43)30-19-14-15-21-38-30/h12-13,18,20,24-26,30-31,34,38H,6-11,14-17,19,21-23H2,1-5H3,(H,39,44)(H,40,45)/t25?,26-,30-,31+,34+/m1/s1. The molecule has 2 amide bonds. The van der Waals surface area contributed by atoms with Crippen LogP contribution in [-0.4, -0.2) is 72.5 Å². The van der Waals surface area contributed by atoms with E-state index in [1.807, 2.05) is 45.0 Å². The van der Waals surface area contributed by atoms with Crippen molar-refractivity contribution in [3.05, 3.63) is 36.0 Å². The Morgan fingerprint density at radius 2 is 1.77 bits per heavy atom. The first-order valence-electron chi connectivity index (χ1n) is 17.8. The molecular formula is C37H56N4O7. The molecule has 3 rings (SSSR count). The van der Waals surface area contributed by atoms with Crippen molar-refractivity contribution in [1.29, 1.82) is 0 Å². The third-order valence-electron chi connectivity index (χ3n) is 9.49. The maximum Gasteiger partial charge on any atom is 0.328 e. The Morgan fingerprint density at radius 1 is 1.00 bits per heavy atom. The van der Waals surface area contributed by atoms with Crippen molar-refractivity contribution in [1.82, 2.24) is 20.7 Å². The van der Waals surface area contributed by atoms with Crippen molar-refractivity contribution >= 4 is 40.3 Å². The number of nitrogens with zero attached hydrogens (tertiary/aromatic N) is 1. The zero-order chi connectivity index (χ0) is 35.1. The number of fused-ring (bicyclic) bond motifs is 1. The van der Waals surface area contributed by atoms with Crippen LogP contribution in [0.4, 0.5) is 0 Å². The second-order valence-corrected chi connectivity index (χ2v) is 12.9. The van der Waals surface area contributed by atoms with Crippen molar-refractivity contribution in [2.75, 3.05) is 20.3 Å². The molecule has 1 unspecified atom stereocenters. The fourth-order valence-corrected chi connectivity index (χ4v) is 6.31. The maximum absolute atomic E-state index is 14.1. The number of Topliss-reactive ketones (excluding diaryl/α,β-unsaturated/α-hetero) is 2. The summed E-state index contributed by atoms with van der Waals surface area (Å²) in [5.74, 6) is -2.04. The number of esters is 1. The van der Waals surface area contributed by atoms with E-state index in [1.165, 1.54) is 0 Å². The maximum atomic E-state index is 14.1. The van der Waals surface area contributed by atoms with Crippen LogP contribution in [0.15, 0.2) is 30.5 Å². The van der Waals surface area contributed by atoms with Crippen LogP contribution in [0.1, 0.15) is 104 Å². The number of unbranched alkanes of at least 4 members (excludes halogenated alkanes) is 2. The van der Waals surface area contributed by atoms with Gasteiger partial charge in [-0.15, -0.1) is 0 Å². The molecule has 48 heavy (non-hydrogen) atoms. The van der Waals surface area contributed by atoms with Gasteiger partial charge < -0.3 is 25.5 Å². The lowest BCUT2D eigenvalue weighted by Gasteiger charge is -2.27. The molecule has 0 spiro atoms. The second kappa shape index (κ2) is 19.9. The van der Waals surface area contributed by atoms with Gasteiger partial charge >= 0.3 is 5.97 Å². The third kappa shape index (κ3) is 11.2. The van der Waals surface area contributed by atoms with Crippen LogP contribution >= 0.6 is 0 Å². The minimum atomic E-state index is -1.04. The Morgan fingerprint density at radius 3 is 2.44 bits per heavy atom. The summed E-state index contributed by atoms with van der Waals surface area (Å²) in [4.78, 5) is 71.7. The molecular weight excluding hydrogens is 612 g/mol. The third-order valence-corrected chi connectivity index (χ3v) is 9.49. The predicted octanol–water partition coefficient (Wildman–Crippen LogP) is 4.47. The van der Waals surface area contributed by atoms with Gasteiger partial charge in [0.2, 0.25) is 11.8 Å². The molecule has 5 atom stereocenters. The summed E-state index contributed by atoms with van der Waals surface area (Å²) >= 11 is 0. The highest BCUT2D eigenvalue weighted by atomic mass is 16.6. The molecule has 1 saturated heterocycles. The number of benzene rings is 1. The molecule has 1 fully saturated rings. The summed E-state index contributed by atoms with van der Waals surface area (Å²) in [6.07, 6.45) is 8.99. The van der Waals surface area contributed by atoms with Gasteiger partial charge in [0.25, 0.3) is 0 Å². The van der Waals surface area contributed by atoms with E-state index in [0.29, 0.717) is 32.1 Å². The zero-order valence-corrected chi connectivity index (χ0v) is 29.5. The summed E-state index contributed by atoms with van der Waals surface area (Å²) in [7, 11) is 1.55. The van der Waals surface area contributed by atoms with E-state index in [-0.39, 0.29) is 48.9 Å². The molecule has 1 aliphatic heterocycles. The molecule has 266 valence electrons. The lowest BCUT2D eigenvalue weighted by molar-refractivity contribution is -0.149. The largest absolute Gasteiger partial charge is 0.464 e. The molecule has 1 aromatic carbocycles. The Bertz CT molecular complexity index is 1370. The smallest absolute Gasteiger partial charge is 0.328 e. The van der Waals surface area contributed by atoms with E-state index in [2.05, 4.69) is 16.0 Å². The quantitative estimate of drug-likeness (QED) is 0.131. The molecule has 1 aliphatic rings. The fraction of sp³-hybridized carbons (Fsp3) is 0.649. The predicted molar refractivity (Wildman–Crippen MR) is 185 cm³/mol. The number of nitrogens with one attached hydrogen (secondary N) is 3. The van der Waals surface area contributed by atoms with E-state index >= 15 is 0 Å². The monoisotopic (exact) mass is 668 g/mol. The van der Waals surface area contributed by atoms with Crippen molar-refractivity contribution in [3.63, 3.8) is 0 Å². The van der Waals surface area contributed by atoms with Crippen LogP contribution in [0.5, 0.6) is 0 Å². The second-order valence-electron chi connectivity index (χ2n) is 12.9. The number of rotatable bonds is 21. The molecule has 11 heteroatoms. The first kappa shape index (κ1) is 38.7. The first-order valence-corrected chi connectivity index (χ1v) is 17.8. The summed E-state index contributed by atoms with van der Waals surface area (Å²) < 4.78 is 6.90. The van der Waals surface area contributed by atoms with Gasteiger partial charge in [-0.25, -0.2) is 4.79 Å². The highest BCUT2D eigenvalue weighted by molar-refractivity contribution is 5.94. The van der Waals surface area contributed by atoms with E-state index in [9.17, 15) is 24.0 Å². The Kier molecular flexibility index (Phi) is 16.1. The number of amides is 2. The van der Waals surface area contributed by atoms with Crippen LogP contribution in [0.25, 0.3) is 10.9 Å². The number of ether oxygens (including phenoxy) is 1. The van der Waals surface area contributed by atoms with E-state index < -0.39 is 29.9 Å². The number of piperidine rings is 1. The first-order chi connectivity index (χ1) is 23.1. The van der Waals surface area contributed by atoms with Crippen LogP contribution < -0.4 is 20.8 Å². The Labute approximate surface area is 285 Å². The molecule has 3 N–H and O–H groups in total. The highest BCUT2D eigenvalue weighted by Gasteiger charge is 2.34. The van der Waals surface area contributed by atoms with Crippen LogP contribution in [0.2, 0.25) is 0 Å². The number of aromatic nitrogens is 1. The van der Waals surface area contributed by atoms with Crippen molar-refractivity contribution in [2.45, 2.75) is 123 Å². The average molecular weight is 669 g/mol. The van der Waals surface area contributed by atoms with Gasteiger partial charge in [-0.3, -0.25) is 19.2 Å². The van der Waals surface area contributed by atoms with E-state index in [0.717, 1.165) is 55.1 Å². The summed E-state index contributed by atoms with van der Waals surface area (Å²) in [5.41, 5.74) is 1.60. The molecule has 11 nitrogen and oxygen atoms in total. The molecule has 0 aliphatic carbocycles. The van der Waals surface area contributed by atoms with Gasteiger partial charge in [0.1, 0.15) is 25.0 Å². The molecule has 0 saturated carbocycles. The minimum Gasteiger partial charge on any atom is -0.464 e. The normalized spacial score (nSPS) is 17.1. The number of carbonyl (C=O) groups is 5. The van der Waals surface area contributed by atoms with E-state index in [4.69, 9.17) is 9.57 Å². The summed E-state index contributed by atoms with van der Waals surface area (Å²) in [5, 5.41) is 10.0. The zero-order valence-electron chi connectivity index (χ0n) is 29.5. The van der Waals surface area contributed by atoms with Gasteiger partial charge in [0.15, 0.2) is 5.78 Å². The van der Waals surface area contributed by atoms with Gasteiger partial charge in [0, 0.05) is 43.2 Å². The summed E-state index contributed by atoms with van der Waals surface area (Å²) in [6.45, 7) is 8.32. The van der Waals surface area contributed by atoms with Gasteiger partial charge in [-0.1, -0.05) is 64.7 Å². The van der Waals surface area contributed by atoms with Crippen LogP contribution in [0.3, 0.4) is 0 Å². The Hall–Kier alpha value is -3.73. The number of carbonyl (C=O) groups excluding carboxylic acids is 5. The topological polar surface area (TPSA) is 145 Å². The fourth-order valence-electron chi connectivity index (χ4n) is 6.31. The molecule has 0 bridgehead atoms. The SMILES string of the molecule is CCOC(=O)[C@@H](NC(=O)[C@H](Cc1cn(OC)c2ccccc12)NC(=O)[C@H](CCCCCC(=O)CC)CC(=O)[C@H]1CCCCN1)C(C)CC. The van der Waals surface area contributed by atoms with Crippen molar-refractivity contribution in [3.8, 4) is 0 Å². The molecule has 2 heterocycles. The van der Waals surface area contributed by atoms with Crippen LogP contribution in [0, 0.1) is 11.8 Å². The van der Waals surface area contributed by atoms with Gasteiger partial charge in [-0.05, 0) is 56.7 Å². The molecule has 2 aromatic rings. The van der Waals surface area contributed by atoms with Gasteiger partial charge in [0.05, 0.1) is 18.2 Å². The molecule has 0 radical (unpaired) electrons. The minimum absolute atomic E-state index is 0.000627. The van der Waals surface area contributed by atoms with Gasteiger partial charge in [-0.2, -0.15) is 4.73 Å². The van der Waals surface area contributed by atoms with Crippen molar-refractivity contribution < 1.29 is 33.5 Å². The summed E-state index contributed by atoms with van der Waals surface area (Å²) in [6, 6.07) is 5.42. The van der Waals surface area contributed by atoms with E-state index in [1.54, 1.807) is 25.0 Å². The number of ketones is 2. The molecule has 1 aromatic heterocycles. The lowest BCUT2D eigenvalue weighted by Crippen LogP contribution is -2.55. The number of para-hydroxylation sites is 1. The Balaban J connectivity index is 1.89. The highest BCUT2D eigenvalue weighted by Crippen LogP contribution is 2.24. The number of hydrogen-bond acceptors (Lipinski definition) is 8. The van der Waals surface area contributed by atoms with Crippen molar-refractivity contribution in [2.24, 2.45) is 11.8 Å². The average Bonchev–Trinajstić information content (AvgIpc) is 3.46.